The van der Waals surface area contributed by atoms with Gasteiger partial charge in [0, 0.05) is 12.6 Å². The number of aliphatic hydroxyl groups is 7. The lowest BCUT2D eigenvalue weighted by Crippen LogP contribution is -2.69. The average molecular weight is 556 g/mol. The molecule has 0 unspecified atom stereocenters. The summed E-state index contributed by atoms with van der Waals surface area (Å²) in [7, 11) is 0. The smallest absolute Gasteiger partial charge is 0.249 e. The minimum absolute atomic E-state index is 0.0255. The molecule has 17 heteroatoms. The zero-order valence-electron chi connectivity index (χ0n) is 20.7. The highest BCUT2D eigenvalue weighted by Gasteiger charge is 2.53. The quantitative estimate of drug-likeness (QED) is 0.119. The molecule has 2 saturated heterocycles. The van der Waals surface area contributed by atoms with Gasteiger partial charge in [-0.2, -0.15) is 0 Å². The van der Waals surface area contributed by atoms with E-state index in [4.69, 9.17) is 41.9 Å². The van der Waals surface area contributed by atoms with E-state index in [-0.39, 0.29) is 25.9 Å². The van der Waals surface area contributed by atoms with Crippen molar-refractivity contribution in [2.75, 3.05) is 19.7 Å². The maximum Gasteiger partial charge on any atom is 0.249 e. The number of rotatable bonds is 10. The van der Waals surface area contributed by atoms with Gasteiger partial charge in [-0.25, -0.2) is 0 Å². The number of carbonyl (C=O) groups excluding carboxylic acids is 1. The number of hydrogen-bond acceptors (Lipinski definition) is 16. The fraction of sp³-hybridized carbons (Fsp3) is 0.952. The summed E-state index contributed by atoms with van der Waals surface area (Å²) in [6, 6.07) is -3.29. The van der Waals surface area contributed by atoms with Gasteiger partial charge in [0.1, 0.15) is 61.0 Å². The second-order valence-electron chi connectivity index (χ2n) is 9.84. The molecule has 38 heavy (non-hydrogen) atoms. The van der Waals surface area contributed by atoms with Gasteiger partial charge in [-0.3, -0.25) is 4.79 Å². The van der Waals surface area contributed by atoms with Crippen molar-refractivity contribution >= 4 is 5.91 Å². The van der Waals surface area contributed by atoms with Gasteiger partial charge in [-0.1, -0.05) is 0 Å². The molecule has 0 radical (unpaired) electrons. The molecule has 3 aliphatic rings. The summed E-state index contributed by atoms with van der Waals surface area (Å²) in [5.74, 6) is -0.807. The van der Waals surface area contributed by atoms with Crippen molar-refractivity contribution in [1.82, 2.24) is 5.32 Å². The first-order valence-electron chi connectivity index (χ1n) is 12.5. The summed E-state index contributed by atoms with van der Waals surface area (Å²) in [5, 5.41) is 74.0. The maximum atomic E-state index is 12.4. The van der Waals surface area contributed by atoms with Crippen molar-refractivity contribution < 1.29 is 59.5 Å². The predicted molar refractivity (Wildman–Crippen MR) is 125 cm³/mol. The number of hydrogen-bond donors (Lipinski definition) is 12. The summed E-state index contributed by atoms with van der Waals surface area (Å²) in [6.07, 6.45) is -16.9. The van der Waals surface area contributed by atoms with Gasteiger partial charge in [0.2, 0.25) is 5.91 Å². The number of nitrogens with one attached hydrogen (secondary N) is 1. The standard InChI is InChI=1S/C21H41N5O12/c22-2-1-8(28)19(34)26-7-3-6(24)17(37-20-11(25)15(32)13(30)9(4-23)35-20)18(12(7)29)38-21-16(33)14(31)10(5-27)36-21/h6-18,20-21,27-33H,1-5,22-25H2,(H,26,34)/t6-,7+,8+,9+,10+,11+,12-,13+,14+,15+,16+,17+,18+,20+,21+/m0/s1. The molecule has 3 fully saturated rings. The predicted octanol–water partition coefficient (Wildman–Crippen LogP) is -7.79. The van der Waals surface area contributed by atoms with E-state index < -0.39 is 104 Å². The Morgan fingerprint density at radius 3 is 2.08 bits per heavy atom. The van der Waals surface area contributed by atoms with Gasteiger partial charge in [-0.05, 0) is 19.4 Å². The molecule has 0 aromatic heterocycles. The Morgan fingerprint density at radius 1 is 0.895 bits per heavy atom. The van der Waals surface area contributed by atoms with E-state index in [0.717, 1.165) is 0 Å². The van der Waals surface area contributed by atoms with Crippen LogP contribution in [0.5, 0.6) is 0 Å². The highest BCUT2D eigenvalue weighted by atomic mass is 16.7. The van der Waals surface area contributed by atoms with Crippen LogP contribution in [0.4, 0.5) is 0 Å². The minimum atomic E-state index is -1.62. The molecule has 0 spiro atoms. The van der Waals surface area contributed by atoms with Crippen LogP contribution in [0.2, 0.25) is 0 Å². The largest absolute Gasteiger partial charge is 0.394 e. The van der Waals surface area contributed by atoms with Crippen LogP contribution < -0.4 is 28.3 Å². The molecule has 1 aliphatic carbocycles. The fourth-order valence-electron chi connectivity index (χ4n) is 4.84. The Kier molecular flexibility index (Phi) is 11.1. The van der Waals surface area contributed by atoms with E-state index in [9.17, 15) is 40.5 Å². The second-order valence-corrected chi connectivity index (χ2v) is 9.84. The van der Waals surface area contributed by atoms with Gasteiger partial charge in [0.15, 0.2) is 12.6 Å². The van der Waals surface area contributed by atoms with E-state index in [1.54, 1.807) is 0 Å². The van der Waals surface area contributed by atoms with E-state index >= 15 is 0 Å². The first-order valence-corrected chi connectivity index (χ1v) is 12.5. The Bertz CT molecular complexity index is 770. The first-order chi connectivity index (χ1) is 17.9. The van der Waals surface area contributed by atoms with Crippen molar-refractivity contribution in [3.05, 3.63) is 0 Å². The minimum Gasteiger partial charge on any atom is -0.394 e. The molecule has 17 nitrogen and oxygen atoms in total. The summed E-state index contributed by atoms with van der Waals surface area (Å²) in [6.45, 7) is -0.764. The molecule has 2 heterocycles. The molecule has 1 amide bonds. The van der Waals surface area contributed by atoms with E-state index in [2.05, 4.69) is 5.32 Å². The van der Waals surface area contributed by atoms with Crippen molar-refractivity contribution in [3.8, 4) is 0 Å². The molecule has 3 rings (SSSR count). The van der Waals surface area contributed by atoms with Crippen molar-refractivity contribution in [2.24, 2.45) is 22.9 Å². The number of nitrogens with two attached hydrogens (primary N) is 4. The Balaban J connectivity index is 1.84. The van der Waals surface area contributed by atoms with Crippen molar-refractivity contribution in [2.45, 2.75) is 105 Å². The molecule has 16 N–H and O–H groups in total. The van der Waals surface area contributed by atoms with Crippen LogP contribution in [0.3, 0.4) is 0 Å². The Morgan fingerprint density at radius 2 is 1.50 bits per heavy atom. The lowest BCUT2D eigenvalue weighted by Gasteiger charge is -2.48. The molecule has 15 atom stereocenters. The molecule has 0 aromatic rings. The third-order valence-corrected chi connectivity index (χ3v) is 7.15. The summed E-state index contributed by atoms with van der Waals surface area (Å²) >= 11 is 0. The zero-order valence-corrected chi connectivity index (χ0v) is 20.7. The summed E-state index contributed by atoms with van der Waals surface area (Å²) in [5.41, 5.74) is 23.3. The topological polar surface area (TPSA) is 312 Å². The molecule has 1 saturated carbocycles. The van der Waals surface area contributed by atoms with Crippen LogP contribution in [-0.2, 0) is 23.7 Å². The lowest BCUT2D eigenvalue weighted by molar-refractivity contribution is -0.307. The third-order valence-electron chi connectivity index (χ3n) is 7.15. The lowest BCUT2D eigenvalue weighted by atomic mass is 9.83. The zero-order chi connectivity index (χ0) is 28.3. The number of ether oxygens (including phenoxy) is 4. The monoisotopic (exact) mass is 555 g/mol. The number of amides is 1. The van der Waals surface area contributed by atoms with Crippen LogP contribution in [0, 0.1) is 0 Å². The maximum absolute atomic E-state index is 12.4. The van der Waals surface area contributed by atoms with Gasteiger partial charge >= 0.3 is 0 Å². The molecular weight excluding hydrogens is 514 g/mol. The van der Waals surface area contributed by atoms with Crippen LogP contribution in [0.25, 0.3) is 0 Å². The van der Waals surface area contributed by atoms with Gasteiger partial charge in [0.25, 0.3) is 0 Å². The summed E-state index contributed by atoms with van der Waals surface area (Å²) < 4.78 is 22.7. The van der Waals surface area contributed by atoms with E-state index in [0.29, 0.717) is 0 Å². The molecule has 222 valence electrons. The fourth-order valence-corrected chi connectivity index (χ4v) is 4.84. The third kappa shape index (κ3) is 6.60. The van der Waals surface area contributed by atoms with Crippen molar-refractivity contribution in [1.29, 1.82) is 0 Å². The van der Waals surface area contributed by atoms with E-state index in [1.165, 1.54) is 0 Å². The first kappa shape index (κ1) is 31.4. The number of carbonyl (C=O) groups is 1. The van der Waals surface area contributed by atoms with Crippen LogP contribution >= 0.6 is 0 Å². The molecule has 2 aliphatic heterocycles. The highest BCUT2D eigenvalue weighted by Crippen LogP contribution is 2.32. The molecule has 0 aromatic carbocycles. The van der Waals surface area contributed by atoms with Crippen LogP contribution in [0.1, 0.15) is 12.8 Å². The van der Waals surface area contributed by atoms with Crippen LogP contribution in [-0.4, -0.2) is 153 Å². The second kappa shape index (κ2) is 13.5. The normalized spacial score (nSPS) is 46.6. The summed E-state index contributed by atoms with van der Waals surface area (Å²) in [4.78, 5) is 12.4. The average Bonchev–Trinajstić information content (AvgIpc) is 3.16. The van der Waals surface area contributed by atoms with E-state index in [1.807, 2.05) is 0 Å². The van der Waals surface area contributed by atoms with Gasteiger partial charge in [0.05, 0.1) is 18.7 Å². The highest BCUT2D eigenvalue weighted by molar-refractivity contribution is 5.80. The molecule has 0 bridgehead atoms. The van der Waals surface area contributed by atoms with Gasteiger partial charge < -0.3 is 82.9 Å². The van der Waals surface area contributed by atoms with Crippen molar-refractivity contribution in [3.63, 3.8) is 0 Å². The Hall–Kier alpha value is -1.13. The SMILES string of the molecule is NCC[C@@H](O)C(=O)N[C@@H]1C[C@H](N)[C@@H](O[C@H]2O[C@H](CN)[C@@H](O)[C@H](O)[C@H]2N)[C@H](O[C@H]2O[C@H](CO)[C@@H](O)[C@H]2O)[C@H]1O. The van der Waals surface area contributed by atoms with Crippen LogP contribution in [0.15, 0.2) is 0 Å². The van der Waals surface area contributed by atoms with Gasteiger partial charge in [-0.15, -0.1) is 0 Å². The molecular formula is C21H41N5O12. The Labute approximate surface area is 218 Å². The number of aliphatic hydroxyl groups excluding tert-OH is 7.